The number of hydroxylamine groups is 2. The Bertz CT molecular complexity index is 348. The summed E-state index contributed by atoms with van der Waals surface area (Å²) in [6.45, 7) is 1.21. The van der Waals surface area contributed by atoms with Crippen molar-refractivity contribution < 1.29 is 9.63 Å². The number of nitrogens with two attached hydrogens (primary N) is 1. The van der Waals surface area contributed by atoms with E-state index in [0.29, 0.717) is 24.7 Å². The Kier molecular flexibility index (Phi) is 2.32. The highest BCUT2D eigenvalue weighted by Gasteiger charge is 2.21. The summed E-state index contributed by atoms with van der Waals surface area (Å²) in [5, 5.41) is 1.32. The second-order valence-electron chi connectivity index (χ2n) is 3.04. The molecule has 0 aliphatic carbocycles. The van der Waals surface area contributed by atoms with Crippen molar-refractivity contribution in [3.63, 3.8) is 0 Å². The zero-order valence-electron chi connectivity index (χ0n) is 7.64. The molecule has 2 rings (SSSR count). The minimum atomic E-state index is -0.227. The van der Waals surface area contributed by atoms with Crippen LogP contribution >= 0.6 is 0 Å². The summed E-state index contributed by atoms with van der Waals surface area (Å²) in [6, 6.07) is 4.97. The van der Waals surface area contributed by atoms with Crippen LogP contribution in [-0.4, -0.2) is 29.1 Å². The highest BCUT2D eigenvalue weighted by atomic mass is 16.7. The summed E-state index contributed by atoms with van der Waals surface area (Å²) in [6.07, 6.45) is 0.869. The molecule has 74 valence electrons. The van der Waals surface area contributed by atoms with Gasteiger partial charge in [-0.1, -0.05) is 6.07 Å². The monoisotopic (exact) mass is 193 g/mol. The molecular weight excluding hydrogens is 182 g/mol. The van der Waals surface area contributed by atoms with Crippen LogP contribution in [0.15, 0.2) is 18.2 Å². The Morgan fingerprint density at radius 2 is 2.43 bits per heavy atom. The third-order valence-electron chi connectivity index (χ3n) is 1.97. The lowest BCUT2D eigenvalue weighted by atomic mass is 10.3. The third kappa shape index (κ3) is 1.67. The van der Waals surface area contributed by atoms with Crippen LogP contribution < -0.4 is 5.73 Å². The van der Waals surface area contributed by atoms with E-state index in [2.05, 4.69) is 4.98 Å². The second kappa shape index (κ2) is 3.63. The van der Waals surface area contributed by atoms with Crippen LogP contribution in [0.5, 0.6) is 0 Å². The Hall–Kier alpha value is -1.62. The van der Waals surface area contributed by atoms with E-state index in [0.717, 1.165) is 6.42 Å². The predicted molar refractivity (Wildman–Crippen MR) is 50.3 cm³/mol. The average molecular weight is 193 g/mol. The lowest BCUT2D eigenvalue weighted by Gasteiger charge is -2.12. The van der Waals surface area contributed by atoms with Crippen LogP contribution in [0, 0.1) is 0 Å². The lowest BCUT2D eigenvalue weighted by Crippen LogP contribution is -2.27. The predicted octanol–water partition coefficient (Wildman–Crippen LogP) is 0.441. The number of nitrogens with zero attached hydrogens (tertiary/aromatic N) is 2. The van der Waals surface area contributed by atoms with Crippen LogP contribution in [0.2, 0.25) is 0 Å². The molecule has 2 heterocycles. The molecule has 1 aliphatic heterocycles. The van der Waals surface area contributed by atoms with E-state index in [-0.39, 0.29) is 5.91 Å². The first kappa shape index (κ1) is 8.96. The molecule has 1 saturated heterocycles. The van der Waals surface area contributed by atoms with Crippen LogP contribution in [-0.2, 0) is 4.84 Å². The number of hydrogen-bond donors (Lipinski definition) is 1. The summed E-state index contributed by atoms with van der Waals surface area (Å²) in [5.74, 6) is 0.116. The zero-order valence-corrected chi connectivity index (χ0v) is 7.64. The van der Waals surface area contributed by atoms with Gasteiger partial charge in [0.05, 0.1) is 13.2 Å². The Morgan fingerprint density at radius 1 is 1.57 bits per heavy atom. The van der Waals surface area contributed by atoms with E-state index in [9.17, 15) is 4.79 Å². The van der Waals surface area contributed by atoms with Crippen LogP contribution in [0.1, 0.15) is 16.9 Å². The number of amides is 1. The van der Waals surface area contributed by atoms with Gasteiger partial charge in [0.25, 0.3) is 5.91 Å². The molecule has 0 radical (unpaired) electrons. The summed E-state index contributed by atoms with van der Waals surface area (Å²) in [7, 11) is 0. The van der Waals surface area contributed by atoms with Gasteiger partial charge in [0, 0.05) is 0 Å². The van der Waals surface area contributed by atoms with Crippen LogP contribution in [0.3, 0.4) is 0 Å². The molecule has 1 aromatic rings. The summed E-state index contributed by atoms with van der Waals surface area (Å²) >= 11 is 0. The lowest BCUT2D eigenvalue weighted by molar-refractivity contribution is -0.0771. The molecule has 5 nitrogen and oxygen atoms in total. The maximum Gasteiger partial charge on any atom is 0.296 e. The van der Waals surface area contributed by atoms with Crippen molar-refractivity contribution >= 4 is 11.7 Å². The first-order valence-electron chi connectivity index (χ1n) is 4.45. The summed E-state index contributed by atoms with van der Waals surface area (Å²) in [4.78, 5) is 20.7. The number of carbonyl (C=O) groups is 1. The van der Waals surface area contributed by atoms with Crippen molar-refractivity contribution in [2.24, 2.45) is 0 Å². The molecule has 0 unspecified atom stereocenters. The van der Waals surface area contributed by atoms with E-state index in [1.165, 1.54) is 5.06 Å². The topological polar surface area (TPSA) is 68.5 Å². The normalized spacial score (nSPS) is 15.9. The van der Waals surface area contributed by atoms with Gasteiger partial charge < -0.3 is 5.73 Å². The number of rotatable bonds is 1. The first-order valence-corrected chi connectivity index (χ1v) is 4.45. The smallest absolute Gasteiger partial charge is 0.296 e. The quantitative estimate of drug-likeness (QED) is 0.702. The molecule has 0 atom stereocenters. The third-order valence-corrected chi connectivity index (χ3v) is 1.97. The van der Waals surface area contributed by atoms with Gasteiger partial charge in [-0.05, 0) is 18.6 Å². The zero-order chi connectivity index (χ0) is 9.97. The molecular formula is C9H11N3O2. The average Bonchev–Trinajstić information content (AvgIpc) is 2.69. The first-order chi connectivity index (χ1) is 6.77. The highest BCUT2D eigenvalue weighted by molar-refractivity contribution is 5.91. The largest absolute Gasteiger partial charge is 0.384 e. The Morgan fingerprint density at radius 3 is 3.07 bits per heavy atom. The van der Waals surface area contributed by atoms with Gasteiger partial charge in [-0.25, -0.2) is 10.0 Å². The molecule has 0 saturated carbocycles. The summed E-state index contributed by atoms with van der Waals surface area (Å²) in [5.41, 5.74) is 5.80. The van der Waals surface area contributed by atoms with Crippen LogP contribution in [0.4, 0.5) is 5.82 Å². The van der Waals surface area contributed by atoms with Crippen molar-refractivity contribution in [2.75, 3.05) is 18.9 Å². The van der Waals surface area contributed by atoms with Crippen molar-refractivity contribution in [1.82, 2.24) is 10.0 Å². The summed E-state index contributed by atoms with van der Waals surface area (Å²) < 4.78 is 0. The van der Waals surface area contributed by atoms with Gasteiger partial charge in [-0.2, -0.15) is 0 Å². The SMILES string of the molecule is Nc1cccc(C(=O)N2CCCO2)n1. The molecule has 0 spiro atoms. The molecule has 1 aliphatic rings. The van der Waals surface area contributed by atoms with Gasteiger partial charge >= 0.3 is 0 Å². The molecule has 2 N–H and O–H groups in total. The second-order valence-corrected chi connectivity index (χ2v) is 3.04. The van der Waals surface area contributed by atoms with E-state index in [1.54, 1.807) is 18.2 Å². The minimum absolute atomic E-state index is 0.227. The minimum Gasteiger partial charge on any atom is -0.384 e. The number of aromatic nitrogens is 1. The number of carbonyl (C=O) groups excluding carboxylic acids is 1. The Labute approximate surface area is 81.4 Å². The standard InChI is InChI=1S/C9H11N3O2/c10-8-4-1-3-7(11-8)9(13)12-5-2-6-14-12/h1,3-4H,2,5-6H2,(H2,10,11). The fourth-order valence-electron chi connectivity index (χ4n) is 1.31. The van der Waals surface area contributed by atoms with Gasteiger partial charge in [0.15, 0.2) is 0 Å². The van der Waals surface area contributed by atoms with E-state index in [1.807, 2.05) is 0 Å². The van der Waals surface area contributed by atoms with Crippen molar-refractivity contribution in [3.8, 4) is 0 Å². The fraction of sp³-hybridized carbons (Fsp3) is 0.333. The van der Waals surface area contributed by atoms with Gasteiger partial charge in [0.2, 0.25) is 0 Å². The molecule has 1 fully saturated rings. The Balaban J connectivity index is 2.17. The van der Waals surface area contributed by atoms with E-state index >= 15 is 0 Å². The molecule has 1 aromatic heterocycles. The van der Waals surface area contributed by atoms with Crippen molar-refractivity contribution in [1.29, 1.82) is 0 Å². The van der Waals surface area contributed by atoms with Crippen molar-refractivity contribution in [3.05, 3.63) is 23.9 Å². The molecule has 14 heavy (non-hydrogen) atoms. The van der Waals surface area contributed by atoms with Gasteiger partial charge in [-0.15, -0.1) is 0 Å². The van der Waals surface area contributed by atoms with E-state index in [4.69, 9.17) is 10.6 Å². The molecule has 1 amide bonds. The molecule has 0 bridgehead atoms. The molecule has 0 aromatic carbocycles. The maximum atomic E-state index is 11.7. The number of anilines is 1. The number of hydrogen-bond acceptors (Lipinski definition) is 4. The number of pyridine rings is 1. The van der Waals surface area contributed by atoms with Crippen molar-refractivity contribution in [2.45, 2.75) is 6.42 Å². The van der Waals surface area contributed by atoms with Crippen LogP contribution in [0.25, 0.3) is 0 Å². The van der Waals surface area contributed by atoms with Gasteiger partial charge in [-0.3, -0.25) is 9.63 Å². The van der Waals surface area contributed by atoms with Gasteiger partial charge in [0.1, 0.15) is 11.5 Å². The number of nitrogen functional groups attached to an aromatic ring is 1. The maximum absolute atomic E-state index is 11.7. The highest BCUT2D eigenvalue weighted by Crippen LogP contribution is 2.10. The fourth-order valence-corrected chi connectivity index (χ4v) is 1.31. The van der Waals surface area contributed by atoms with E-state index < -0.39 is 0 Å². The molecule has 5 heteroatoms.